The fraction of sp³-hybridized carbons (Fsp3) is 0.333. The Morgan fingerprint density at radius 3 is 2.73 bits per heavy atom. The molecule has 9 heteroatoms. The summed E-state index contributed by atoms with van der Waals surface area (Å²) in [7, 11) is 0. The lowest BCUT2D eigenvalue weighted by Gasteiger charge is -2.19. The number of rotatable bonds is 10. The lowest BCUT2D eigenvalue weighted by molar-refractivity contribution is -0.117. The SMILES string of the molecule is CCCN(CC(=O)Nc1cccc(C(=O)NCC)c1)Cc1nnc(-c2ccco2)o1. The normalized spacial score (nSPS) is 10.9. The van der Waals surface area contributed by atoms with Crippen LogP contribution in [0.3, 0.4) is 0 Å². The van der Waals surface area contributed by atoms with E-state index in [-0.39, 0.29) is 18.4 Å². The first kappa shape index (κ1) is 21.3. The summed E-state index contributed by atoms with van der Waals surface area (Å²) >= 11 is 0. The van der Waals surface area contributed by atoms with Gasteiger partial charge in [-0.25, -0.2) is 0 Å². The molecule has 2 N–H and O–H groups in total. The Bertz CT molecular complexity index is 967. The van der Waals surface area contributed by atoms with Gasteiger partial charge in [-0.05, 0) is 50.2 Å². The molecule has 30 heavy (non-hydrogen) atoms. The zero-order valence-corrected chi connectivity index (χ0v) is 17.1. The molecule has 0 aliphatic rings. The zero-order chi connectivity index (χ0) is 21.3. The molecule has 3 aromatic rings. The minimum atomic E-state index is -0.192. The Morgan fingerprint density at radius 2 is 2.00 bits per heavy atom. The number of aromatic nitrogens is 2. The molecular weight excluding hydrogens is 386 g/mol. The number of carbonyl (C=O) groups is 2. The molecule has 0 unspecified atom stereocenters. The number of hydrogen-bond acceptors (Lipinski definition) is 7. The lowest BCUT2D eigenvalue weighted by atomic mass is 10.2. The molecule has 0 saturated carbocycles. The Hall–Kier alpha value is -3.46. The van der Waals surface area contributed by atoms with E-state index < -0.39 is 0 Å². The molecule has 1 aromatic carbocycles. The smallest absolute Gasteiger partial charge is 0.283 e. The highest BCUT2D eigenvalue weighted by atomic mass is 16.4. The van der Waals surface area contributed by atoms with Crippen LogP contribution in [0.4, 0.5) is 5.69 Å². The molecule has 2 aromatic heterocycles. The van der Waals surface area contributed by atoms with Crippen molar-refractivity contribution in [3.8, 4) is 11.7 Å². The molecule has 0 atom stereocenters. The van der Waals surface area contributed by atoms with Gasteiger partial charge in [0.15, 0.2) is 5.76 Å². The quantitative estimate of drug-likeness (QED) is 0.527. The predicted octanol–water partition coefficient (Wildman–Crippen LogP) is 2.93. The molecule has 3 rings (SSSR count). The average molecular weight is 411 g/mol. The van der Waals surface area contributed by atoms with E-state index in [0.29, 0.717) is 48.4 Å². The van der Waals surface area contributed by atoms with Crippen molar-refractivity contribution in [1.82, 2.24) is 20.4 Å². The van der Waals surface area contributed by atoms with Gasteiger partial charge in [0.2, 0.25) is 11.8 Å². The number of carbonyl (C=O) groups excluding carboxylic acids is 2. The highest BCUT2D eigenvalue weighted by Gasteiger charge is 2.17. The standard InChI is InChI=1S/C21H25N5O4/c1-3-10-26(14-19-24-25-21(30-19)17-9-6-11-29-17)13-18(27)23-16-8-5-7-15(12-16)20(28)22-4-2/h5-9,11-12H,3-4,10,13-14H2,1-2H3,(H,22,28)(H,23,27). The van der Waals surface area contributed by atoms with Gasteiger partial charge < -0.3 is 19.5 Å². The van der Waals surface area contributed by atoms with E-state index in [1.165, 1.54) is 6.26 Å². The fourth-order valence-corrected chi connectivity index (χ4v) is 2.94. The van der Waals surface area contributed by atoms with Crippen LogP contribution >= 0.6 is 0 Å². The summed E-state index contributed by atoms with van der Waals surface area (Å²) < 4.78 is 10.9. The minimum Gasteiger partial charge on any atom is -0.459 e. The van der Waals surface area contributed by atoms with Gasteiger partial charge in [-0.3, -0.25) is 14.5 Å². The van der Waals surface area contributed by atoms with Crippen LogP contribution in [-0.2, 0) is 11.3 Å². The van der Waals surface area contributed by atoms with E-state index in [0.717, 1.165) is 6.42 Å². The third-order valence-electron chi connectivity index (χ3n) is 4.21. The highest BCUT2D eigenvalue weighted by Crippen LogP contribution is 2.18. The van der Waals surface area contributed by atoms with Crippen LogP contribution in [0.1, 0.15) is 36.5 Å². The van der Waals surface area contributed by atoms with Gasteiger partial charge in [-0.15, -0.1) is 10.2 Å². The van der Waals surface area contributed by atoms with Crippen LogP contribution in [0.25, 0.3) is 11.7 Å². The Labute approximate surface area is 174 Å². The van der Waals surface area contributed by atoms with Crippen molar-refractivity contribution in [3.63, 3.8) is 0 Å². The number of amides is 2. The molecule has 2 amide bonds. The molecule has 158 valence electrons. The molecule has 0 radical (unpaired) electrons. The summed E-state index contributed by atoms with van der Waals surface area (Å²) in [5, 5.41) is 13.6. The van der Waals surface area contributed by atoms with Crippen molar-refractivity contribution >= 4 is 17.5 Å². The second kappa shape index (κ2) is 10.4. The Balaban J connectivity index is 1.60. The van der Waals surface area contributed by atoms with E-state index in [9.17, 15) is 9.59 Å². The molecule has 0 saturated heterocycles. The second-order valence-electron chi connectivity index (χ2n) is 6.68. The number of nitrogens with one attached hydrogen (secondary N) is 2. The number of nitrogens with zero attached hydrogens (tertiary/aromatic N) is 3. The van der Waals surface area contributed by atoms with E-state index in [4.69, 9.17) is 8.83 Å². The van der Waals surface area contributed by atoms with E-state index in [1.807, 2.05) is 18.7 Å². The second-order valence-corrected chi connectivity index (χ2v) is 6.68. The Morgan fingerprint density at radius 1 is 1.13 bits per heavy atom. The molecule has 2 heterocycles. The first-order valence-corrected chi connectivity index (χ1v) is 9.85. The number of hydrogen-bond donors (Lipinski definition) is 2. The van der Waals surface area contributed by atoms with Crippen molar-refractivity contribution in [1.29, 1.82) is 0 Å². The van der Waals surface area contributed by atoms with Crippen LogP contribution in [0.15, 0.2) is 51.5 Å². The highest BCUT2D eigenvalue weighted by molar-refractivity contribution is 5.97. The van der Waals surface area contributed by atoms with Gasteiger partial charge in [-0.2, -0.15) is 0 Å². The molecule has 0 aliphatic carbocycles. The molecule has 9 nitrogen and oxygen atoms in total. The predicted molar refractivity (Wildman–Crippen MR) is 111 cm³/mol. The zero-order valence-electron chi connectivity index (χ0n) is 17.1. The minimum absolute atomic E-state index is 0.150. The van der Waals surface area contributed by atoms with Gasteiger partial charge >= 0.3 is 0 Å². The maximum Gasteiger partial charge on any atom is 0.283 e. The summed E-state index contributed by atoms with van der Waals surface area (Å²) in [6.07, 6.45) is 2.40. The largest absolute Gasteiger partial charge is 0.459 e. The summed E-state index contributed by atoms with van der Waals surface area (Å²) in [6, 6.07) is 10.3. The first-order chi connectivity index (χ1) is 14.6. The molecular formula is C21H25N5O4. The van der Waals surface area contributed by atoms with E-state index >= 15 is 0 Å². The van der Waals surface area contributed by atoms with Crippen molar-refractivity contribution in [2.24, 2.45) is 0 Å². The van der Waals surface area contributed by atoms with Gasteiger partial charge in [-0.1, -0.05) is 13.0 Å². The maximum absolute atomic E-state index is 12.6. The summed E-state index contributed by atoms with van der Waals surface area (Å²) in [4.78, 5) is 26.4. The van der Waals surface area contributed by atoms with Crippen LogP contribution < -0.4 is 10.6 Å². The first-order valence-electron chi connectivity index (χ1n) is 9.85. The van der Waals surface area contributed by atoms with Gasteiger partial charge in [0.1, 0.15) is 0 Å². The molecule has 0 bridgehead atoms. The van der Waals surface area contributed by atoms with Crippen LogP contribution in [-0.4, -0.2) is 46.5 Å². The van der Waals surface area contributed by atoms with Gasteiger partial charge in [0, 0.05) is 17.8 Å². The summed E-state index contributed by atoms with van der Waals surface area (Å²) in [5.74, 6) is 0.840. The van der Waals surface area contributed by atoms with Crippen LogP contribution in [0.5, 0.6) is 0 Å². The van der Waals surface area contributed by atoms with Crippen molar-refractivity contribution in [2.75, 3.05) is 25.0 Å². The van der Waals surface area contributed by atoms with Crippen molar-refractivity contribution in [2.45, 2.75) is 26.8 Å². The third kappa shape index (κ3) is 5.77. The fourth-order valence-electron chi connectivity index (χ4n) is 2.94. The topological polar surface area (TPSA) is 114 Å². The summed E-state index contributed by atoms with van der Waals surface area (Å²) in [6.45, 7) is 5.60. The number of furan rings is 1. The van der Waals surface area contributed by atoms with Crippen LogP contribution in [0.2, 0.25) is 0 Å². The average Bonchev–Trinajstić information content (AvgIpc) is 3.40. The van der Waals surface area contributed by atoms with Crippen LogP contribution in [0, 0.1) is 0 Å². The third-order valence-corrected chi connectivity index (χ3v) is 4.21. The monoisotopic (exact) mass is 411 g/mol. The maximum atomic E-state index is 12.6. The molecule has 0 aliphatic heterocycles. The van der Waals surface area contributed by atoms with E-state index in [1.54, 1.807) is 36.4 Å². The van der Waals surface area contributed by atoms with Crippen molar-refractivity contribution < 1.29 is 18.4 Å². The number of benzene rings is 1. The van der Waals surface area contributed by atoms with Crippen molar-refractivity contribution in [3.05, 3.63) is 54.1 Å². The van der Waals surface area contributed by atoms with E-state index in [2.05, 4.69) is 20.8 Å². The summed E-state index contributed by atoms with van der Waals surface area (Å²) in [5.41, 5.74) is 1.06. The Kier molecular flexibility index (Phi) is 7.34. The molecule has 0 spiro atoms. The lowest BCUT2D eigenvalue weighted by Crippen LogP contribution is -2.33. The van der Waals surface area contributed by atoms with Gasteiger partial charge in [0.05, 0.1) is 19.4 Å². The number of anilines is 1. The van der Waals surface area contributed by atoms with Gasteiger partial charge in [0.25, 0.3) is 11.8 Å². The molecule has 0 fully saturated rings.